The molecule has 6 nitrogen and oxygen atoms in total. The summed E-state index contributed by atoms with van der Waals surface area (Å²) in [6.07, 6.45) is 6.01. The lowest BCUT2D eigenvalue weighted by atomic mass is 10.0. The number of Topliss-reactive ketones (excluding diaryl/α,β-unsaturated/α-hetero) is 1. The van der Waals surface area contributed by atoms with Crippen LogP contribution in [0.4, 0.5) is 0 Å². The number of hydrogen-bond acceptors (Lipinski definition) is 4. The zero-order valence-corrected chi connectivity index (χ0v) is 23.7. The Morgan fingerprint density at radius 1 is 0.750 bits per heavy atom. The SMILES string of the molecule is Cc1ccc(C(=O)CCCNC(=O)CCCCCN2C(=O)C=CC2=O)cc1P(c1ccccc1)c1ccccc1. The molecule has 0 aromatic heterocycles. The molecule has 0 spiro atoms. The Morgan fingerprint density at radius 3 is 2.00 bits per heavy atom. The number of amides is 3. The van der Waals surface area contributed by atoms with E-state index in [2.05, 4.69) is 66.8 Å². The molecule has 3 amide bonds. The Kier molecular flexibility index (Phi) is 10.5. The maximum absolute atomic E-state index is 13.1. The van der Waals surface area contributed by atoms with Gasteiger partial charge in [0.05, 0.1) is 0 Å². The molecule has 0 aliphatic carbocycles. The van der Waals surface area contributed by atoms with Crippen LogP contribution in [-0.4, -0.2) is 41.5 Å². The third-order valence-corrected chi connectivity index (χ3v) is 9.48. The first-order valence-corrected chi connectivity index (χ1v) is 15.1. The van der Waals surface area contributed by atoms with Gasteiger partial charge in [0.2, 0.25) is 5.91 Å². The van der Waals surface area contributed by atoms with Gasteiger partial charge in [0.1, 0.15) is 0 Å². The van der Waals surface area contributed by atoms with Crippen molar-refractivity contribution in [2.24, 2.45) is 0 Å². The van der Waals surface area contributed by atoms with Gasteiger partial charge in [-0.2, -0.15) is 0 Å². The highest BCUT2D eigenvalue weighted by Crippen LogP contribution is 2.34. The van der Waals surface area contributed by atoms with Crippen molar-refractivity contribution in [3.63, 3.8) is 0 Å². The van der Waals surface area contributed by atoms with Crippen molar-refractivity contribution >= 4 is 47.3 Å². The first-order chi connectivity index (χ1) is 19.4. The average Bonchev–Trinajstić information content (AvgIpc) is 3.29. The van der Waals surface area contributed by atoms with Gasteiger partial charge in [-0.1, -0.05) is 79.2 Å². The molecule has 0 fully saturated rings. The Morgan fingerprint density at radius 2 is 1.38 bits per heavy atom. The minimum absolute atomic E-state index is 0.0450. The minimum Gasteiger partial charge on any atom is -0.356 e. The highest BCUT2D eigenvalue weighted by atomic mass is 31.1. The Balaban J connectivity index is 1.25. The quantitative estimate of drug-likeness (QED) is 0.139. The molecular formula is C33H35N2O4P. The summed E-state index contributed by atoms with van der Waals surface area (Å²) < 4.78 is 0. The van der Waals surface area contributed by atoms with Gasteiger partial charge in [-0.25, -0.2) is 0 Å². The van der Waals surface area contributed by atoms with Crippen LogP contribution in [-0.2, 0) is 14.4 Å². The van der Waals surface area contributed by atoms with Crippen molar-refractivity contribution in [2.45, 2.75) is 45.4 Å². The van der Waals surface area contributed by atoms with Crippen LogP contribution < -0.4 is 21.2 Å². The minimum atomic E-state index is -0.797. The normalized spacial score (nSPS) is 12.8. The number of carbonyl (C=O) groups excluding carboxylic acids is 4. The van der Waals surface area contributed by atoms with E-state index >= 15 is 0 Å². The third kappa shape index (κ3) is 7.83. The Bertz CT molecular complexity index is 1310. The summed E-state index contributed by atoms with van der Waals surface area (Å²) in [5.41, 5.74) is 1.87. The zero-order chi connectivity index (χ0) is 28.3. The van der Waals surface area contributed by atoms with Crippen LogP contribution in [0.5, 0.6) is 0 Å². The predicted molar refractivity (Wildman–Crippen MR) is 161 cm³/mol. The number of carbonyl (C=O) groups is 4. The van der Waals surface area contributed by atoms with E-state index in [4.69, 9.17) is 0 Å². The van der Waals surface area contributed by atoms with Crippen molar-refractivity contribution in [2.75, 3.05) is 13.1 Å². The van der Waals surface area contributed by atoms with Gasteiger partial charge in [-0.15, -0.1) is 0 Å². The van der Waals surface area contributed by atoms with Crippen molar-refractivity contribution < 1.29 is 19.2 Å². The van der Waals surface area contributed by atoms with Crippen molar-refractivity contribution in [1.29, 1.82) is 0 Å². The molecule has 0 radical (unpaired) electrons. The second-order valence-corrected chi connectivity index (χ2v) is 12.0. The van der Waals surface area contributed by atoms with Crippen LogP contribution in [0.3, 0.4) is 0 Å². The van der Waals surface area contributed by atoms with Crippen LogP contribution in [0, 0.1) is 6.92 Å². The molecule has 1 aliphatic heterocycles. The first kappa shape index (κ1) is 29.1. The van der Waals surface area contributed by atoms with Gasteiger partial charge in [-0.05, 0) is 61.7 Å². The van der Waals surface area contributed by atoms with Crippen molar-refractivity contribution in [1.82, 2.24) is 10.2 Å². The monoisotopic (exact) mass is 554 g/mol. The molecule has 4 rings (SSSR count). The summed E-state index contributed by atoms with van der Waals surface area (Å²) in [6.45, 7) is 2.93. The van der Waals surface area contributed by atoms with E-state index in [0.29, 0.717) is 50.8 Å². The highest BCUT2D eigenvalue weighted by Gasteiger charge is 2.22. The lowest BCUT2D eigenvalue weighted by molar-refractivity contribution is -0.137. The van der Waals surface area contributed by atoms with E-state index in [0.717, 1.165) is 12.0 Å². The molecule has 0 atom stereocenters. The lowest BCUT2D eigenvalue weighted by Crippen LogP contribution is -2.30. The van der Waals surface area contributed by atoms with E-state index in [1.165, 1.54) is 33.0 Å². The van der Waals surface area contributed by atoms with Gasteiger partial charge >= 0.3 is 0 Å². The molecule has 0 bridgehead atoms. The van der Waals surface area contributed by atoms with Gasteiger partial charge < -0.3 is 5.32 Å². The van der Waals surface area contributed by atoms with Crippen LogP contribution in [0.1, 0.15) is 54.4 Å². The van der Waals surface area contributed by atoms with Crippen LogP contribution in [0.2, 0.25) is 0 Å². The van der Waals surface area contributed by atoms with E-state index in [9.17, 15) is 19.2 Å². The Labute approximate surface area is 237 Å². The van der Waals surface area contributed by atoms with Crippen LogP contribution in [0.15, 0.2) is 91.0 Å². The molecule has 7 heteroatoms. The maximum atomic E-state index is 13.1. The second-order valence-electron chi connectivity index (χ2n) is 9.86. The highest BCUT2D eigenvalue weighted by molar-refractivity contribution is 7.79. The smallest absolute Gasteiger partial charge is 0.253 e. The average molecular weight is 555 g/mol. The number of aryl methyl sites for hydroxylation is 1. The number of unbranched alkanes of at least 4 members (excludes halogenated alkanes) is 2. The van der Waals surface area contributed by atoms with Crippen LogP contribution >= 0.6 is 7.92 Å². The van der Waals surface area contributed by atoms with Gasteiger partial charge in [0.25, 0.3) is 11.8 Å². The standard InChI is InChI=1S/C33H35N2O4P/c1-25-18-19-26(24-30(25)40(27-12-5-2-6-13-27)28-14-7-3-8-15-28)29(36)16-11-22-34-31(37)17-9-4-10-23-35-32(38)20-21-33(35)39/h2-3,5-8,12-15,18-21,24H,4,9-11,16-17,22-23H2,1H3,(H,34,37). The number of imide groups is 1. The topological polar surface area (TPSA) is 83.6 Å². The van der Waals surface area contributed by atoms with Gasteiger partial charge in [-0.3, -0.25) is 24.1 Å². The third-order valence-electron chi connectivity index (χ3n) is 6.89. The van der Waals surface area contributed by atoms with E-state index in [1.807, 2.05) is 24.3 Å². The summed E-state index contributed by atoms with van der Waals surface area (Å²) in [5.74, 6) is -0.511. The number of hydrogen-bond donors (Lipinski definition) is 1. The molecule has 1 heterocycles. The molecule has 3 aromatic rings. The van der Waals surface area contributed by atoms with Gasteiger partial charge in [0, 0.05) is 43.6 Å². The van der Waals surface area contributed by atoms with Crippen molar-refractivity contribution in [3.05, 3.63) is 102 Å². The summed E-state index contributed by atoms with van der Waals surface area (Å²) in [6, 6.07) is 26.9. The molecule has 40 heavy (non-hydrogen) atoms. The molecular weight excluding hydrogens is 519 g/mol. The molecule has 0 saturated heterocycles. The van der Waals surface area contributed by atoms with Crippen LogP contribution in [0.25, 0.3) is 0 Å². The number of nitrogens with one attached hydrogen (secondary N) is 1. The maximum Gasteiger partial charge on any atom is 0.253 e. The molecule has 3 aromatic carbocycles. The van der Waals surface area contributed by atoms with E-state index in [-0.39, 0.29) is 23.5 Å². The fraction of sp³-hybridized carbons (Fsp3) is 0.273. The number of benzene rings is 3. The summed E-state index contributed by atoms with van der Waals surface area (Å²) in [5, 5.41) is 6.57. The molecule has 0 saturated carbocycles. The van der Waals surface area contributed by atoms with Gasteiger partial charge in [0.15, 0.2) is 5.78 Å². The van der Waals surface area contributed by atoms with E-state index in [1.54, 1.807) is 0 Å². The molecule has 206 valence electrons. The van der Waals surface area contributed by atoms with E-state index < -0.39 is 7.92 Å². The second kappa shape index (κ2) is 14.5. The first-order valence-electron chi connectivity index (χ1n) is 13.8. The molecule has 1 N–H and O–H groups in total. The summed E-state index contributed by atoms with van der Waals surface area (Å²) in [4.78, 5) is 49.6. The Hall–Kier alpha value is -3.89. The zero-order valence-electron chi connectivity index (χ0n) is 22.8. The number of ketones is 1. The number of nitrogens with zero attached hydrogens (tertiary/aromatic N) is 1. The largest absolute Gasteiger partial charge is 0.356 e. The molecule has 0 unspecified atom stereocenters. The summed E-state index contributed by atoms with van der Waals surface area (Å²) >= 11 is 0. The molecule has 1 aliphatic rings. The van der Waals surface area contributed by atoms with Crippen molar-refractivity contribution in [3.8, 4) is 0 Å². The summed E-state index contributed by atoms with van der Waals surface area (Å²) in [7, 11) is -0.797. The predicted octanol–water partition coefficient (Wildman–Crippen LogP) is 4.32. The lowest BCUT2D eigenvalue weighted by Gasteiger charge is -2.22. The fourth-order valence-electron chi connectivity index (χ4n) is 4.70. The fourth-order valence-corrected chi connectivity index (χ4v) is 7.19. The number of rotatable bonds is 14.